The lowest BCUT2D eigenvalue weighted by Crippen LogP contribution is -2.25. The van der Waals surface area contributed by atoms with E-state index in [0.717, 1.165) is 0 Å². The fourth-order valence-corrected chi connectivity index (χ4v) is 1.10. The van der Waals surface area contributed by atoms with Crippen molar-refractivity contribution < 1.29 is 14.4 Å². The summed E-state index contributed by atoms with van der Waals surface area (Å²) in [6.45, 7) is 7.01. The zero-order chi connectivity index (χ0) is 11.3. The average Bonchev–Trinajstić information content (AvgIpc) is 2.12. The molecule has 0 rings (SSSR count). The molecule has 0 bridgehead atoms. The Labute approximate surface area is 84.9 Å². The van der Waals surface area contributed by atoms with Crippen LogP contribution >= 0.6 is 0 Å². The summed E-state index contributed by atoms with van der Waals surface area (Å²) >= 11 is 0. The second kappa shape index (κ2) is 5.68. The van der Waals surface area contributed by atoms with Crippen LogP contribution < -0.4 is 0 Å². The number of carbonyl (C=O) groups excluding carboxylic acids is 3. The van der Waals surface area contributed by atoms with E-state index in [-0.39, 0.29) is 29.8 Å². The maximum absolute atomic E-state index is 11.4. The van der Waals surface area contributed by atoms with Crippen LogP contribution in [0.4, 0.5) is 0 Å². The van der Waals surface area contributed by atoms with Crippen LogP contribution in [0.2, 0.25) is 0 Å². The molecule has 0 heterocycles. The second-order valence-electron chi connectivity index (χ2n) is 4.12. The molecule has 0 aliphatic rings. The number of hydrogen-bond donors (Lipinski definition) is 0. The topological polar surface area (TPSA) is 51.2 Å². The Morgan fingerprint density at radius 1 is 1.07 bits per heavy atom. The smallest absolute Gasteiger partial charge is 0.145 e. The van der Waals surface area contributed by atoms with Gasteiger partial charge < -0.3 is 4.79 Å². The lowest BCUT2D eigenvalue weighted by Gasteiger charge is -2.12. The van der Waals surface area contributed by atoms with Gasteiger partial charge in [-0.1, -0.05) is 27.7 Å². The number of aldehydes is 1. The van der Waals surface area contributed by atoms with Gasteiger partial charge in [0.15, 0.2) is 0 Å². The molecule has 0 aromatic heterocycles. The Morgan fingerprint density at radius 3 is 1.86 bits per heavy atom. The summed E-state index contributed by atoms with van der Waals surface area (Å²) in [4.78, 5) is 33.4. The Hall–Kier alpha value is -0.990. The summed E-state index contributed by atoms with van der Waals surface area (Å²) in [5.74, 6) is -1.22. The van der Waals surface area contributed by atoms with Crippen LogP contribution in [-0.2, 0) is 14.4 Å². The van der Waals surface area contributed by atoms with Gasteiger partial charge in [0.25, 0.3) is 0 Å². The zero-order valence-corrected chi connectivity index (χ0v) is 9.24. The summed E-state index contributed by atoms with van der Waals surface area (Å²) in [5.41, 5.74) is 0. The van der Waals surface area contributed by atoms with Gasteiger partial charge in [-0.3, -0.25) is 9.59 Å². The van der Waals surface area contributed by atoms with E-state index >= 15 is 0 Å². The predicted molar refractivity (Wildman–Crippen MR) is 53.9 cm³/mol. The molecule has 1 atom stereocenters. The Bertz CT molecular complexity index is 229. The molecule has 0 saturated heterocycles. The molecule has 3 nitrogen and oxygen atoms in total. The van der Waals surface area contributed by atoms with Gasteiger partial charge in [-0.05, 0) is 0 Å². The fourth-order valence-electron chi connectivity index (χ4n) is 1.10. The third kappa shape index (κ3) is 3.81. The van der Waals surface area contributed by atoms with Crippen LogP contribution in [0.5, 0.6) is 0 Å². The van der Waals surface area contributed by atoms with Gasteiger partial charge in [0, 0.05) is 18.3 Å². The third-order valence-corrected chi connectivity index (χ3v) is 2.16. The van der Waals surface area contributed by atoms with Crippen molar-refractivity contribution in [2.45, 2.75) is 34.1 Å². The van der Waals surface area contributed by atoms with Gasteiger partial charge in [-0.25, -0.2) is 0 Å². The molecule has 0 aliphatic carbocycles. The van der Waals surface area contributed by atoms with Crippen LogP contribution in [0.3, 0.4) is 0 Å². The first-order chi connectivity index (χ1) is 6.40. The van der Waals surface area contributed by atoms with Crippen LogP contribution in [0.15, 0.2) is 0 Å². The minimum atomic E-state index is -0.745. The van der Waals surface area contributed by atoms with E-state index in [0.29, 0.717) is 6.29 Å². The van der Waals surface area contributed by atoms with E-state index in [9.17, 15) is 14.4 Å². The Kier molecular flexibility index (Phi) is 5.28. The molecule has 0 aliphatic heterocycles. The fraction of sp³-hybridized carbons (Fsp3) is 0.727. The molecule has 0 spiro atoms. The summed E-state index contributed by atoms with van der Waals surface area (Å²) < 4.78 is 0. The molecule has 14 heavy (non-hydrogen) atoms. The molecule has 0 N–H and O–H groups in total. The lowest BCUT2D eigenvalue weighted by molar-refractivity contribution is -0.134. The van der Waals surface area contributed by atoms with Crippen molar-refractivity contribution in [3.8, 4) is 0 Å². The summed E-state index contributed by atoms with van der Waals surface area (Å²) in [6.07, 6.45) is 0.640. The van der Waals surface area contributed by atoms with Crippen molar-refractivity contribution in [2.24, 2.45) is 17.8 Å². The normalized spacial score (nSPS) is 13.0. The molecule has 0 fully saturated rings. The molecule has 0 amide bonds. The zero-order valence-electron chi connectivity index (χ0n) is 9.24. The van der Waals surface area contributed by atoms with E-state index in [1.165, 1.54) is 0 Å². The SMILES string of the molecule is CC(C)C(=O)CC(C=O)C(=O)C(C)C. The maximum atomic E-state index is 11.4. The van der Waals surface area contributed by atoms with Gasteiger partial charge in [0.2, 0.25) is 0 Å². The highest BCUT2D eigenvalue weighted by Crippen LogP contribution is 2.12. The van der Waals surface area contributed by atoms with E-state index in [1.54, 1.807) is 27.7 Å². The maximum Gasteiger partial charge on any atom is 0.145 e. The molecule has 80 valence electrons. The lowest BCUT2D eigenvalue weighted by atomic mass is 9.89. The van der Waals surface area contributed by atoms with Crippen molar-refractivity contribution >= 4 is 17.9 Å². The van der Waals surface area contributed by atoms with Gasteiger partial charge >= 0.3 is 0 Å². The molecule has 0 aromatic rings. The largest absolute Gasteiger partial charge is 0.303 e. The summed E-state index contributed by atoms with van der Waals surface area (Å²) in [7, 11) is 0. The third-order valence-electron chi connectivity index (χ3n) is 2.16. The van der Waals surface area contributed by atoms with E-state index in [4.69, 9.17) is 0 Å². The minimum Gasteiger partial charge on any atom is -0.303 e. The van der Waals surface area contributed by atoms with Crippen molar-refractivity contribution in [3.63, 3.8) is 0 Å². The molecule has 0 saturated carbocycles. The van der Waals surface area contributed by atoms with Gasteiger partial charge in [-0.2, -0.15) is 0 Å². The van der Waals surface area contributed by atoms with Gasteiger partial charge in [0.05, 0.1) is 5.92 Å². The first-order valence-corrected chi connectivity index (χ1v) is 4.91. The van der Waals surface area contributed by atoms with Crippen molar-refractivity contribution in [2.75, 3.05) is 0 Å². The van der Waals surface area contributed by atoms with E-state index < -0.39 is 5.92 Å². The first kappa shape index (κ1) is 13.0. The molecular weight excluding hydrogens is 180 g/mol. The monoisotopic (exact) mass is 198 g/mol. The van der Waals surface area contributed by atoms with Crippen molar-refractivity contribution in [1.29, 1.82) is 0 Å². The molecule has 3 heteroatoms. The summed E-state index contributed by atoms with van der Waals surface area (Å²) in [6, 6.07) is 0. The van der Waals surface area contributed by atoms with Gasteiger partial charge in [0.1, 0.15) is 17.9 Å². The van der Waals surface area contributed by atoms with Crippen molar-refractivity contribution in [3.05, 3.63) is 0 Å². The van der Waals surface area contributed by atoms with Crippen LogP contribution in [0.1, 0.15) is 34.1 Å². The van der Waals surface area contributed by atoms with Crippen molar-refractivity contribution in [1.82, 2.24) is 0 Å². The number of carbonyl (C=O) groups is 3. The van der Waals surface area contributed by atoms with Gasteiger partial charge in [-0.15, -0.1) is 0 Å². The molecule has 0 radical (unpaired) electrons. The Balaban J connectivity index is 4.37. The molecule has 1 unspecified atom stereocenters. The number of ketones is 2. The second-order valence-corrected chi connectivity index (χ2v) is 4.12. The Morgan fingerprint density at radius 2 is 1.57 bits per heavy atom. The van der Waals surface area contributed by atoms with Crippen LogP contribution in [-0.4, -0.2) is 17.9 Å². The number of Topliss-reactive ketones (excluding diaryl/α,β-unsaturated/α-hetero) is 2. The molecule has 0 aromatic carbocycles. The highest BCUT2D eigenvalue weighted by atomic mass is 16.1. The van der Waals surface area contributed by atoms with Crippen LogP contribution in [0, 0.1) is 17.8 Å². The number of rotatable bonds is 6. The van der Waals surface area contributed by atoms with E-state index in [1.807, 2.05) is 0 Å². The average molecular weight is 198 g/mol. The first-order valence-electron chi connectivity index (χ1n) is 4.91. The summed E-state index contributed by atoms with van der Waals surface area (Å²) in [5, 5.41) is 0. The minimum absolute atomic E-state index is 0.0314. The predicted octanol–water partition coefficient (Wildman–Crippen LogP) is 1.64. The number of hydrogen-bond acceptors (Lipinski definition) is 3. The van der Waals surface area contributed by atoms with E-state index in [2.05, 4.69) is 0 Å². The van der Waals surface area contributed by atoms with Crippen LogP contribution in [0.25, 0.3) is 0 Å². The standard InChI is InChI=1S/C11H18O3/c1-7(2)10(13)5-9(6-12)11(14)8(3)4/h6-9H,5H2,1-4H3. The molecular formula is C11H18O3. The quantitative estimate of drug-likeness (QED) is 0.481. The highest BCUT2D eigenvalue weighted by Gasteiger charge is 2.24. The highest BCUT2D eigenvalue weighted by molar-refractivity contribution is 5.98.